The molecule has 0 aromatic rings. The van der Waals surface area contributed by atoms with Gasteiger partial charge in [0.2, 0.25) is 0 Å². The molecule has 0 aromatic heterocycles. The summed E-state index contributed by atoms with van der Waals surface area (Å²) in [4.78, 5) is 2.62. The minimum Gasteiger partial charge on any atom is -0.379 e. The van der Waals surface area contributed by atoms with E-state index in [2.05, 4.69) is 24.1 Å². The summed E-state index contributed by atoms with van der Waals surface area (Å²) in [5.74, 6) is 0. The standard InChI is InChI=1S/C13H26N2O/c1-3-13(5-4-6-14-10-13)11-15-7-8-16-9-12(15)2/h12,14H,3-11H2,1-2H3. The normalized spacial score (nSPS) is 37.5. The van der Waals surface area contributed by atoms with Crippen LogP contribution in [-0.2, 0) is 4.74 Å². The van der Waals surface area contributed by atoms with E-state index in [4.69, 9.17) is 4.74 Å². The molecule has 0 radical (unpaired) electrons. The Kier molecular flexibility index (Phi) is 4.22. The van der Waals surface area contributed by atoms with E-state index in [-0.39, 0.29) is 0 Å². The van der Waals surface area contributed by atoms with Crippen molar-refractivity contribution in [3.63, 3.8) is 0 Å². The number of nitrogens with zero attached hydrogens (tertiary/aromatic N) is 1. The Hall–Kier alpha value is -0.120. The monoisotopic (exact) mass is 226 g/mol. The van der Waals surface area contributed by atoms with E-state index in [9.17, 15) is 0 Å². The topological polar surface area (TPSA) is 24.5 Å². The number of ether oxygens (including phenoxy) is 1. The maximum Gasteiger partial charge on any atom is 0.0619 e. The molecule has 0 amide bonds. The van der Waals surface area contributed by atoms with Gasteiger partial charge in [-0.15, -0.1) is 0 Å². The molecule has 2 unspecified atom stereocenters. The van der Waals surface area contributed by atoms with Gasteiger partial charge in [0, 0.05) is 25.7 Å². The molecule has 2 fully saturated rings. The van der Waals surface area contributed by atoms with Crippen LogP contribution in [0.1, 0.15) is 33.1 Å². The van der Waals surface area contributed by atoms with Crippen LogP contribution in [0.25, 0.3) is 0 Å². The molecule has 16 heavy (non-hydrogen) atoms. The minimum absolute atomic E-state index is 0.518. The fourth-order valence-electron chi connectivity index (χ4n) is 3.01. The minimum atomic E-state index is 0.518. The van der Waals surface area contributed by atoms with E-state index >= 15 is 0 Å². The van der Waals surface area contributed by atoms with Crippen LogP contribution in [0.15, 0.2) is 0 Å². The van der Waals surface area contributed by atoms with Crippen LogP contribution >= 0.6 is 0 Å². The van der Waals surface area contributed by atoms with Crippen molar-refractivity contribution in [1.29, 1.82) is 0 Å². The van der Waals surface area contributed by atoms with Gasteiger partial charge in [0.15, 0.2) is 0 Å². The zero-order valence-corrected chi connectivity index (χ0v) is 10.8. The molecule has 1 N–H and O–H groups in total. The highest BCUT2D eigenvalue weighted by atomic mass is 16.5. The Morgan fingerprint density at radius 2 is 2.38 bits per heavy atom. The average Bonchev–Trinajstić information content (AvgIpc) is 2.33. The molecule has 0 spiro atoms. The lowest BCUT2D eigenvalue weighted by molar-refractivity contribution is -0.0253. The molecule has 2 aliphatic rings. The van der Waals surface area contributed by atoms with Gasteiger partial charge in [-0.2, -0.15) is 0 Å². The van der Waals surface area contributed by atoms with Gasteiger partial charge in [-0.25, -0.2) is 0 Å². The quantitative estimate of drug-likeness (QED) is 0.789. The lowest BCUT2D eigenvalue weighted by atomic mass is 9.77. The molecule has 2 saturated heterocycles. The van der Waals surface area contributed by atoms with Crippen LogP contribution in [0.3, 0.4) is 0 Å². The van der Waals surface area contributed by atoms with Crippen LogP contribution in [0.5, 0.6) is 0 Å². The summed E-state index contributed by atoms with van der Waals surface area (Å²) < 4.78 is 5.51. The highest BCUT2D eigenvalue weighted by molar-refractivity contribution is 4.89. The molecule has 0 saturated carbocycles. The first-order valence-corrected chi connectivity index (χ1v) is 6.78. The maximum atomic E-state index is 5.51. The number of nitrogens with one attached hydrogen (secondary N) is 1. The lowest BCUT2D eigenvalue weighted by Crippen LogP contribution is -2.52. The molecule has 3 nitrogen and oxygen atoms in total. The average molecular weight is 226 g/mol. The molecular formula is C13H26N2O. The maximum absolute atomic E-state index is 5.51. The number of hydrogen-bond acceptors (Lipinski definition) is 3. The van der Waals surface area contributed by atoms with Crippen LogP contribution < -0.4 is 5.32 Å². The molecule has 2 rings (SSSR count). The predicted molar refractivity (Wildman–Crippen MR) is 66.7 cm³/mol. The number of piperidine rings is 1. The van der Waals surface area contributed by atoms with E-state index in [0.717, 1.165) is 19.8 Å². The molecule has 2 heterocycles. The molecular weight excluding hydrogens is 200 g/mol. The first kappa shape index (κ1) is 12.3. The summed E-state index contributed by atoms with van der Waals surface area (Å²) >= 11 is 0. The van der Waals surface area contributed by atoms with Gasteiger partial charge in [-0.1, -0.05) is 6.92 Å². The summed E-state index contributed by atoms with van der Waals surface area (Å²) in [7, 11) is 0. The third-order valence-electron chi connectivity index (χ3n) is 4.35. The van der Waals surface area contributed by atoms with E-state index in [1.165, 1.54) is 38.9 Å². The van der Waals surface area contributed by atoms with Crippen molar-refractivity contribution >= 4 is 0 Å². The molecule has 3 heteroatoms. The predicted octanol–water partition coefficient (Wildman–Crippen LogP) is 1.49. The Labute approximate surface area is 99.5 Å². The van der Waals surface area contributed by atoms with Gasteiger partial charge < -0.3 is 10.1 Å². The zero-order chi connectivity index (χ0) is 11.4. The van der Waals surface area contributed by atoms with Crippen LogP contribution in [0, 0.1) is 5.41 Å². The number of hydrogen-bond donors (Lipinski definition) is 1. The highest BCUT2D eigenvalue weighted by Gasteiger charge is 2.34. The molecule has 94 valence electrons. The fraction of sp³-hybridized carbons (Fsp3) is 1.00. The summed E-state index contributed by atoms with van der Waals surface area (Å²) in [6, 6.07) is 0.596. The third kappa shape index (κ3) is 2.76. The van der Waals surface area contributed by atoms with E-state index in [1.807, 2.05) is 0 Å². The molecule has 2 aliphatic heterocycles. The van der Waals surface area contributed by atoms with Crippen molar-refractivity contribution in [2.24, 2.45) is 5.41 Å². The Bertz CT molecular complexity index is 214. The van der Waals surface area contributed by atoms with Crippen LogP contribution in [-0.4, -0.2) is 50.3 Å². The first-order valence-electron chi connectivity index (χ1n) is 6.78. The summed E-state index contributed by atoms with van der Waals surface area (Å²) in [6.45, 7) is 11.2. The van der Waals surface area contributed by atoms with Crippen LogP contribution in [0.2, 0.25) is 0 Å². The van der Waals surface area contributed by atoms with E-state index < -0.39 is 0 Å². The van der Waals surface area contributed by atoms with Crippen molar-refractivity contribution in [2.75, 3.05) is 39.4 Å². The van der Waals surface area contributed by atoms with Gasteiger partial charge in [0.05, 0.1) is 13.2 Å². The van der Waals surface area contributed by atoms with Crippen molar-refractivity contribution in [2.45, 2.75) is 39.2 Å². The molecule has 0 aliphatic carbocycles. The second-order valence-corrected chi connectivity index (χ2v) is 5.53. The van der Waals surface area contributed by atoms with Crippen molar-refractivity contribution in [3.8, 4) is 0 Å². The second kappa shape index (κ2) is 5.48. The zero-order valence-electron chi connectivity index (χ0n) is 10.8. The van der Waals surface area contributed by atoms with Gasteiger partial charge >= 0.3 is 0 Å². The van der Waals surface area contributed by atoms with Crippen LogP contribution in [0.4, 0.5) is 0 Å². The summed E-state index contributed by atoms with van der Waals surface area (Å²) in [5.41, 5.74) is 0.518. The van der Waals surface area contributed by atoms with E-state index in [1.54, 1.807) is 0 Å². The summed E-state index contributed by atoms with van der Waals surface area (Å²) in [5, 5.41) is 3.57. The molecule has 0 bridgehead atoms. The third-order valence-corrected chi connectivity index (χ3v) is 4.35. The lowest BCUT2D eigenvalue weighted by Gasteiger charge is -2.44. The van der Waals surface area contributed by atoms with Gasteiger partial charge in [-0.3, -0.25) is 4.90 Å². The van der Waals surface area contributed by atoms with E-state index in [0.29, 0.717) is 11.5 Å². The van der Waals surface area contributed by atoms with Crippen molar-refractivity contribution < 1.29 is 4.74 Å². The highest BCUT2D eigenvalue weighted by Crippen LogP contribution is 2.31. The number of rotatable bonds is 3. The van der Waals surface area contributed by atoms with Crippen molar-refractivity contribution in [3.05, 3.63) is 0 Å². The summed E-state index contributed by atoms with van der Waals surface area (Å²) in [6.07, 6.45) is 4.03. The largest absolute Gasteiger partial charge is 0.379 e. The first-order chi connectivity index (χ1) is 7.76. The van der Waals surface area contributed by atoms with Gasteiger partial charge in [-0.05, 0) is 38.1 Å². The smallest absolute Gasteiger partial charge is 0.0619 e. The van der Waals surface area contributed by atoms with Crippen molar-refractivity contribution in [1.82, 2.24) is 10.2 Å². The Morgan fingerprint density at radius 1 is 1.50 bits per heavy atom. The Balaban J connectivity index is 1.93. The van der Waals surface area contributed by atoms with Gasteiger partial charge in [0.25, 0.3) is 0 Å². The Morgan fingerprint density at radius 3 is 3.00 bits per heavy atom. The van der Waals surface area contributed by atoms with Gasteiger partial charge in [0.1, 0.15) is 0 Å². The fourth-order valence-corrected chi connectivity index (χ4v) is 3.01. The molecule has 0 aromatic carbocycles. The molecule has 2 atom stereocenters. The second-order valence-electron chi connectivity index (χ2n) is 5.53. The SMILES string of the molecule is CCC1(CN2CCOCC2C)CCCNC1. The number of morpholine rings is 1.